The van der Waals surface area contributed by atoms with Crippen LogP contribution in [0.2, 0.25) is 0 Å². The molecule has 6 aromatic carbocycles. The summed E-state index contributed by atoms with van der Waals surface area (Å²) in [5, 5.41) is 12.6. The summed E-state index contributed by atoms with van der Waals surface area (Å²) < 4.78 is 6.67. The predicted molar refractivity (Wildman–Crippen MR) is 181 cm³/mol. The third-order valence-electron chi connectivity index (χ3n) is 10.0. The first kappa shape index (κ1) is 25.6. The normalized spacial score (nSPS) is 15.2. The maximum atomic E-state index is 10.4. The molecule has 1 atom stereocenters. The first-order chi connectivity index (χ1) is 22.0. The van der Waals surface area contributed by atoms with Crippen LogP contribution in [0.3, 0.4) is 0 Å². The molecule has 0 aliphatic heterocycles. The molecule has 1 aromatic heterocycles. The van der Waals surface area contributed by atoms with Crippen LogP contribution in [0.1, 0.15) is 53.1 Å². The van der Waals surface area contributed by atoms with Gasteiger partial charge in [-0.15, -0.1) is 0 Å². The molecule has 0 spiro atoms. The number of nitriles is 1. The van der Waals surface area contributed by atoms with Crippen molar-refractivity contribution in [3.63, 3.8) is 0 Å². The average Bonchev–Trinajstić information content (AvgIpc) is 3.69. The molecule has 1 heterocycles. The van der Waals surface area contributed by atoms with Crippen molar-refractivity contribution in [1.82, 2.24) is 0 Å². The lowest BCUT2D eigenvalue weighted by Gasteiger charge is -2.21. The lowest BCUT2D eigenvalue weighted by atomic mass is 9.81. The van der Waals surface area contributed by atoms with Crippen LogP contribution in [0.4, 0.5) is 5.69 Å². The molecule has 2 aliphatic carbocycles. The maximum absolute atomic E-state index is 10.4. The van der Waals surface area contributed by atoms with E-state index in [-0.39, 0.29) is 11.3 Å². The van der Waals surface area contributed by atoms with E-state index in [9.17, 15) is 5.26 Å². The van der Waals surface area contributed by atoms with Crippen molar-refractivity contribution in [3.05, 3.63) is 160 Å². The quantitative estimate of drug-likeness (QED) is 0.193. The molecule has 210 valence electrons. The van der Waals surface area contributed by atoms with Gasteiger partial charge in [-0.2, -0.15) is 5.26 Å². The first-order valence-corrected chi connectivity index (χ1v) is 15.2. The number of nitrogens with zero attached hydrogens (tertiary/aromatic N) is 2. The number of rotatable bonds is 2. The lowest BCUT2D eigenvalue weighted by molar-refractivity contribution is 0.620. The van der Waals surface area contributed by atoms with E-state index in [1.807, 2.05) is 30.3 Å². The summed E-state index contributed by atoms with van der Waals surface area (Å²) in [5.74, 6) is -0.124. The Morgan fingerprint density at radius 1 is 0.711 bits per heavy atom. The molecule has 45 heavy (non-hydrogen) atoms. The van der Waals surface area contributed by atoms with Crippen LogP contribution < -0.4 is 0 Å². The molecule has 0 saturated heterocycles. The van der Waals surface area contributed by atoms with E-state index in [4.69, 9.17) is 11.0 Å². The molecular formula is C42H26N2O. The van der Waals surface area contributed by atoms with E-state index in [0.717, 1.165) is 60.9 Å². The highest BCUT2D eigenvalue weighted by Crippen LogP contribution is 2.54. The minimum atomic E-state index is -0.174. The first-order valence-electron chi connectivity index (χ1n) is 15.2. The van der Waals surface area contributed by atoms with Gasteiger partial charge in [0.05, 0.1) is 18.2 Å². The molecule has 7 aromatic rings. The van der Waals surface area contributed by atoms with Gasteiger partial charge in [0.15, 0.2) is 5.69 Å². The fourth-order valence-corrected chi connectivity index (χ4v) is 8.05. The second-order valence-electron chi connectivity index (χ2n) is 12.6. The monoisotopic (exact) mass is 574 g/mol. The highest BCUT2D eigenvalue weighted by molar-refractivity contribution is 6.10. The largest absolute Gasteiger partial charge is 0.456 e. The minimum Gasteiger partial charge on any atom is -0.456 e. The molecule has 3 heteroatoms. The Bertz CT molecular complexity index is 2500. The zero-order valence-electron chi connectivity index (χ0n) is 24.8. The van der Waals surface area contributed by atoms with Gasteiger partial charge in [-0.3, -0.25) is 0 Å². The van der Waals surface area contributed by atoms with Crippen molar-refractivity contribution in [2.45, 2.75) is 25.2 Å². The molecule has 0 radical (unpaired) electrons. The fraction of sp³-hybridized carbons (Fsp3) is 0.0952. The Labute approximate surface area is 261 Å². The summed E-state index contributed by atoms with van der Waals surface area (Å²) in [5.41, 5.74) is 15.5. The minimum absolute atomic E-state index is 0.124. The third kappa shape index (κ3) is 3.39. The van der Waals surface area contributed by atoms with Gasteiger partial charge in [0.25, 0.3) is 0 Å². The van der Waals surface area contributed by atoms with Gasteiger partial charge in [-0.25, -0.2) is 4.85 Å². The van der Waals surface area contributed by atoms with Crippen LogP contribution in [0, 0.1) is 17.9 Å². The van der Waals surface area contributed by atoms with Gasteiger partial charge in [0.1, 0.15) is 11.2 Å². The third-order valence-corrected chi connectivity index (χ3v) is 10.0. The van der Waals surface area contributed by atoms with Crippen LogP contribution >= 0.6 is 0 Å². The lowest BCUT2D eigenvalue weighted by Crippen LogP contribution is -2.15. The van der Waals surface area contributed by atoms with Crippen molar-refractivity contribution >= 4 is 27.6 Å². The number of benzene rings is 6. The molecule has 0 amide bonds. The summed E-state index contributed by atoms with van der Waals surface area (Å²) >= 11 is 0. The summed E-state index contributed by atoms with van der Waals surface area (Å²) in [7, 11) is 0. The second-order valence-corrected chi connectivity index (χ2v) is 12.6. The van der Waals surface area contributed by atoms with Gasteiger partial charge in [0, 0.05) is 27.7 Å². The Hall–Kier alpha value is -5.90. The predicted octanol–water partition coefficient (Wildman–Crippen LogP) is 11.1. The SMILES string of the molecule is [C-]#[N+]c1ccc2c(c1)-c1ccccc1C2c1c(C#N)cccc1-c1ccc2oc3c4c(ccc3c2c1)-c1ccccc1C4(C)C. The highest BCUT2D eigenvalue weighted by atomic mass is 16.3. The highest BCUT2D eigenvalue weighted by Gasteiger charge is 2.38. The van der Waals surface area contributed by atoms with E-state index in [1.54, 1.807) is 0 Å². The summed E-state index contributed by atoms with van der Waals surface area (Å²) in [6, 6.07) is 42.4. The van der Waals surface area contributed by atoms with Crippen LogP contribution in [0.25, 0.3) is 60.2 Å². The number of furan rings is 1. The summed E-state index contributed by atoms with van der Waals surface area (Å²) in [6.45, 7) is 12.2. The zero-order valence-corrected chi connectivity index (χ0v) is 24.8. The molecule has 0 bridgehead atoms. The van der Waals surface area contributed by atoms with Crippen molar-refractivity contribution in [2.24, 2.45) is 0 Å². The topological polar surface area (TPSA) is 41.3 Å². The van der Waals surface area contributed by atoms with Crippen molar-refractivity contribution in [1.29, 1.82) is 5.26 Å². The van der Waals surface area contributed by atoms with Crippen molar-refractivity contribution < 1.29 is 4.42 Å². The van der Waals surface area contributed by atoms with Crippen molar-refractivity contribution in [3.8, 4) is 39.4 Å². The second kappa shape index (κ2) is 9.06. The Morgan fingerprint density at radius 3 is 2.33 bits per heavy atom. The standard InChI is InChI=1S/C42H26N2O/c1-42(2)36-14-7-6-11-29(36)32-18-19-33-35-21-24(15-20-37(35)45-41(33)40(32)42)27-13-8-9-25(23-43)38(27)39-30-12-5-4-10-28(30)34-22-26(44-3)16-17-31(34)39/h4-22,39H,1-2H3. The Kier molecular flexibility index (Phi) is 5.15. The number of hydrogen-bond donors (Lipinski definition) is 0. The fourth-order valence-electron chi connectivity index (χ4n) is 8.05. The smallest absolute Gasteiger partial charge is 0.187 e. The molecule has 9 rings (SSSR count). The summed E-state index contributed by atoms with van der Waals surface area (Å²) in [4.78, 5) is 3.70. The van der Waals surface area contributed by atoms with Crippen LogP contribution in [-0.2, 0) is 5.41 Å². The van der Waals surface area contributed by atoms with E-state index in [2.05, 4.69) is 110 Å². The average molecular weight is 575 g/mol. The molecule has 2 aliphatic rings. The molecule has 0 saturated carbocycles. The van der Waals surface area contributed by atoms with Gasteiger partial charge in [-0.05, 0) is 86.0 Å². The Morgan fingerprint density at radius 2 is 1.49 bits per heavy atom. The van der Waals surface area contributed by atoms with Crippen molar-refractivity contribution in [2.75, 3.05) is 0 Å². The Balaban J connectivity index is 1.27. The molecular weight excluding hydrogens is 548 g/mol. The molecule has 0 fully saturated rings. The molecule has 3 nitrogen and oxygen atoms in total. The van der Waals surface area contributed by atoms with Gasteiger partial charge >= 0.3 is 0 Å². The van der Waals surface area contributed by atoms with E-state index in [0.29, 0.717) is 11.3 Å². The van der Waals surface area contributed by atoms with Crippen LogP contribution in [0.15, 0.2) is 120 Å². The molecule has 1 unspecified atom stereocenters. The van der Waals surface area contributed by atoms with Gasteiger partial charge < -0.3 is 4.42 Å². The maximum Gasteiger partial charge on any atom is 0.187 e. The van der Waals surface area contributed by atoms with Crippen LogP contribution in [0.5, 0.6) is 0 Å². The zero-order chi connectivity index (χ0) is 30.4. The number of fused-ring (bicyclic) bond motifs is 10. The molecule has 0 N–H and O–H groups in total. The van der Waals surface area contributed by atoms with Crippen LogP contribution in [-0.4, -0.2) is 0 Å². The van der Waals surface area contributed by atoms with E-state index >= 15 is 0 Å². The van der Waals surface area contributed by atoms with Gasteiger partial charge in [-0.1, -0.05) is 98.8 Å². The van der Waals surface area contributed by atoms with Gasteiger partial charge in [0.2, 0.25) is 0 Å². The number of hydrogen-bond acceptors (Lipinski definition) is 2. The summed E-state index contributed by atoms with van der Waals surface area (Å²) in [6.07, 6.45) is 0. The van der Waals surface area contributed by atoms with E-state index in [1.165, 1.54) is 22.3 Å². The van der Waals surface area contributed by atoms with E-state index < -0.39 is 0 Å².